The number of rotatable bonds is 1. The molecule has 0 aliphatic carbocycles. The summed E-state index contributed by atoms with van der Waals surface area (Å²) in [5, 5.41) is 10.1. The van der Waals surface area contributed by atoms with Crippen molar-refractivity contribution in [1.82, 2.24) is 0 Å². The smallest absolute Gasteiger partial charge is 0.416 e. The van der Waals surface area contributed by atoms with Crippen molar-refractivity contribution in [3.8, 4) is 0 Å². The van der Waals surface area contributed by atoms with E-state index in [1.807, 2.05) is 0 Å². The van der Waals surface area contributed by atoms with E-state index in [1.165, 1.54) is 0 Å². The Morgan fingerprint density at radius 3 is 2.47 bits per heavy atom. The van der Waals surface area contributed by atoms with Crippen LogP contribution < -0.4 is 11.1 Å². The molecule has 0 spiro atoms. The fraction of sp³-hybridized carbons (Fsp3) is 0.125. The number of nitrogen functional groups attached to an aromatic ring is 1. The molecule has 0 heterocycles. The third-order valence-electron chi connectivity index (χ3n) is 1.62. The molecule has 82 valence electrons. The molecule has 4 N–H and O–H groups in total. The summed E-state index contributed by atoms with van der Waals surface area (Å²) < 4.78 is 36.7. The first-order chi connectivity index (χ1) is 6.80. The first kappa shape index (κ1) is 11.2. The lowest BCUT2D eigenvalue weighted by molar-refractivity contribution is -0.137. The molecule has 1 aromatic rings. The van der Waals surface area contributed by atoms with Crippen LogP contribution >= 0.6 is 0 Å². The summed E-state index contributed by atoms with van der Waals surface area (Å²) in [5.74, 6) is 0. The van der Waals surface area contributed by atoms with E-state index >= 15 is 0 Å². The highest BCUT2D eigenvalue weighted by molar-refractivity contribution is 5.87. The zero-order valence-electron chi connectivity index (χ0n) is 7.30. The lowest BCUT2D eigenvalue weighted by Crippen LogP contribution is -2.11. The van der Waals surface area contributed by atoms with Crippen molar-refractivity contribution in [2.24, 2.45) is 0 Å². The van der Waals surface area contributed by atoms with Gasteiger partial charge in [-0.05, 0) is 18.2 Å². The van der Waals surface area contributed by atoms with Crippen LogP contribution in [0.15, 0.2) is 18.2 Å². The van der Waals surface area contributed by atoms with Gasteiger partial charge in [0.25, 0.3) is 0 Å². The fourth-order valence-electron chi connectivity index (χ4n) is 0.956. The summed E-state index contributed by atoms with van der Waals surface area (Å²) >= 11 is 0. The molecule has 0 fully saturated rings. The molecule has 7 heteroatoms. The van der Waals surface area contributed by atoms with Gasteiger partial charge >= 0.3 is 12.3 Å². The van der Waals surface area contributed by atoms with Crippen LogP contribution in [-0.4, -0.2) is 11.2 Å². The Labute approximate surface area is 82.5 Å². The van der Waals surface area contributed by atoms with Crippen molar-refractivity contribution < 1.29 is 23.1 Å². The third kappa shape index (κ3) is 2.76. The first-order valence-electron chi connectivity index (χ1n) is 3.77. The van der Waals surface area contributed by atoms with Crippen molar-refractivity contribution in [2.45, 2.75) is 6.18 Å². The Morgan fingerprint density at radius 1 is 1.40 bits per heavy atom. The standard InChI is InChI=1S/C8H7F3N2O2/c9-8(10,11)4-1-2-5(12)6(3-4)13-7(14)15/h1-3,13H,12H2,(H,14,15). The molecule has 1 rings (SSSR count). The highest BCUT2D eigenvalue weighted by Crippen LogP contribution is 2.32. The molecule has 0 saturated heterocycles. The molecule has 0 aliphatic rings. The number of alkyl halides is 3. The number of anilines is 2. The van der Waals surface area contributed by atoms with Gasteiger partial charge in [0.15, 0.2) is 0 Å². The average Bonchev–Trinajstić information content (AvgIpc) is 2.06. The number of hydrogen-bond donors (Lipinski definition) is 3. The number of carboxylic acid groups (broad SMARTS) is 1. The molecule has 0 bridgehead atoms. The number of nitrogens with one attached hydrogen (secondary N) is 1. The Balaban J connectivity index is 3.11. The first-order valence-corrected chi connectivity index (χ1v) is 3.77. The van der Waals surface area contributed by atoms with Crippen LogP contribution in [0.1, 0.15) is 5.56 Å². The molecular weight excluding hydrogens is 213 g/mol. The summed E-state index contributed by atoms with van der Waals surface area (Å²) in [5.41, 5.74) is 3.99. The molecule has 1 aromatic carbocycles. The average molecular weight is 220 g/mol. The van der Waals surface area contributed by atoms with Crippen LogP contribution in [0, 0.1) is 0 Å². The predicted molar refractivity (Wildman–Crippen MR) is 47.5 cm³/mol. The van der Waals surface area contributed by atoms with Crippen molar-refractivity contribution in [1.29, 1.82) is 0 Å². The quantitative estimate of drug-likeness (QED) is 0.636. The number of halogens is 3. The maximum Gasteiger partial charge on any atom is 0.416 e. The van der Waals surface area contributed by atoms with Crippen molar-refractivity contribution in [2.75, 3.05) is 11.1 Å². The van der Waals surface area contributed by atoms with Crippen molar-refractivity contribution in [3.05, 3.63) is 23.8 Å². The molecule has 4 nitrogen and oxygen atoms in total. The van der Waals surface area contributed by atoms with Crippen molar-refractivity contribution in [3.63, 3.8) is 0 Å². The predicted octanol–water partition coefficient (Wildman–Crippen LogP) is 2.38. The Kier molecular flexibility index (Phi) is 2.74. The van der Waals surface area contributed by atoms with Gasteiger partial charge in [-0.1, -0.05) is 0 Å². The minimum Gasteiger partial charge on any atom is -0.465 e. The van der Waals surface area contributed by atoms with Crippen LogP contribution in [0.3, 0.4) is 0 Å². The number of amides is 1. The van der Waals surface area contributed by atoms with Gasteiger partial charge in [0.05, 0.1) is 16.9 Å². The molecule has 0 aliphatic heterocycles. The summed E-state index contributed by atoms with van der Waals surface area (Å²) in [6.45, 7) is 0. The van der Waals surface area contributed by atoms with Gasteiger partial charge in [-0.2, -0.15) is 13.2 Å². The lowest BCUT2D eigenvalue weighted by Gasteiger charge is -2.10. The molecule has 0 unspecified atom stereocenters. The van der Waals surface area contributed by atoms with Crippen LogP contribution in [0.2, 0.25) is 0 Å². The largest absolute Gasteiger partial charge is 0.465 e. The molecule has 15 heavy (non-hydrogen) atoms. The molecule has 0 aromatic heterocycles. The van der Waals surface area contributed by atoms with Crippen LogP contribution in [-0.2, 0) is 6.18 Å². The topological polar surface area (TPSA) is 75.3 Å². The van der Waals surface area contributed by atoms with Gasteiger partial charge in [-0.3, -0.25) is 5.32 Å². The maximum atomic E-state index is 12.2. The Morgan fingerprint density at radius 2 is 2.00 bits per heavy atom. The SMILES string of the molecule is Nc1ccc(C(F)(F)F)cc1NC(=O)O. The second kappa shape index (κ2) is 3.68. The maximum absolute atomic E-state index is 12.2. The van der Waals surface area contributed by atoms with Crippen molar-refractivity contribution >= 4 is 17.5 Å². The zero-order valence-corrected chi connectivity index (χ0v) is 7.30. The monoisotopic (exact) mass is 220 g/mol. The van der Waals surface area contributed by atoms with E-state index in [0.717, 1.165) is 12.1 Å². The van der Waals surface area contributed by atoms with E-state index in [0.29, 0.717) is 6.07 Å². The van der Waals surface area contributed by atoms with Gasteiger partial charge in [0.2, 0.25) is 0 Å². The molecule has 0 atom stereocenters. The molecule has 0 saturated carbocycles. The fourth-order valence-corrected chi connectivity index (χ4v) is 0.956. The van der Waals surface area contributed by atoms with Crippen LogP contribution in [0.25, 0.3) is 0 Å². The molecule has 1 amide bonds. The highest BCUT2D eigenvalue weighted by atomic mass is 19.4. The van der Waals surface area contributed by atoms with Crippen LogP contribution in [0.4, 0.5) is 29.3 Å². The van der Waals surface area contributed by atoms with E-state index in [1.54, 1.807) is 5.32 Å². The number of carbonyl (C=O) groups is 1. The molecular formula is C8H7F3N2O2. The number of nitrogens with two attached hydrogens (primary N) is 1. The number of hydrogen-bond acceptors (Lipinski definition) is 2. The second-order valence-electron chi connectivity index (χ2n) is 2.73. The van der Waals surface area contributed by atoms with Gasteiger partial charge < -0.3 is 10.8 Å². The Bertz CT molecular complexity index is 390. The normalized spacial score (nSPS) is 11.1. The van der Waals surface area contributed by atoms with Gasteiger partial charge in [0.1, 0.15) is 0 Å². The zero-order chi connectivity index (χ0) is 11.6. The second-order valence-corrected chi connectivity index (χ2v) is 2.73. The molecule has 0 radical (unpaired) electrons. The van der Waals surface area contributed by atoms with Gasteiger partial charge in [-0.15, -0.1) is 0 Å². The third-order valence-corrected chi connectivity index (χ3v) is 1.62. The summed E-state index contributed by atoms with van der Waals surface area (Å²) in [6.07, 6.45) is -6.00. The Hall–Kier alpha value is -1.92. The minimum absolute atomic E-state index is 0.0644. The van der Waals surface area contributed by atoms with Crippen LogP contribution in [0.5, 0.6) is 0 Å². The van der Waals surface area contributed by atoms with E-state index in [-0.39, 0.29) is 11.4 Å². The highest BCUT2D eigenvalue weighted by Gasteiger charge is 2.31. The van der Waals surface area contributed by atoms with E-state index in [2.05, 4.69) is 0 Å². The lowest BCUT2D eigenvalue weighted by atomic mass is 10.1. The number of benzene rings is 1. The summed E-state index contributed by atoms with van der Waals surface area (Å²) in [7, 11) is 0. The minimum atomic E-state index is -4.53. The van der Waals surface area contributed by atoms with E-state index in [9.17, 15) is 18.0 Å². The van der Waals surface area contributed by atoms with E-state index < -0.39 is 17.8 Å². The van der Waals surface area contributed by atoms with E-state index in [4.69, 9.17) is 10.8 Å². The van der Waals surface area contributed by atoms with Gasteiger partial charge in [0, 0.05) is 0 Å². The summed E-state index contributed by atoms with van der Waals surface area (Å²) in [6, 6.07) is 2.42. The summed E-state index contributed by atoms with van der Waals surface area (Å²) in [4.78, 5) is 10.2. The van der Waals surface area contributed by atoms with Gasteiger partial charge in [-0.25, -0.2) is 4.79 Å².